The van der Waals surface area contributed by atoms with Crippen molar-refractivity contribution in [3.63, 3.8) is 0 Å². The highest BCUT2D eigenvalue weighted by Gasteiger charge is 2.40. The van der Waals surface area contributed by atoms with Crippen LogP contribution in [0.3, 0.4) is 0 Å². The fraction of sp³-hybridized carbons (Fsp3) is 0.412. The van der Waals surface area contributed by atoms with Gasteiger partial charge < -0.3 is 20.1 Å². The fourth-order valence-corrected chi connectivity index (χ4v) is 3.20. The number of carbonyl (C=O) groups excluding carboxylic acids is 1. The van der Waals surface area contributed by atoms with Gasteiger partial charge in [-0.15, -0.1) is 0 Å². The molecule has 1 aliphatic heterocycles. The van der Waals surface area contributed by atoms with Gasteiger partial charge in [0, 0.05) is 41.9 Å². The number of H-pyrrole nitrogens is 1. The molecule has 1 amide bonds. The van der Waals surface area contributed by atoms with Gasteiger partial charge in [-0.05, 0) is 36.6 Å². The van der Waals surface area contributed by atoms with Gasteiger partial charge in [-0.2, -0.15) is 0 Å². The summed E-state index contributed by atoms with van der Waals surface area (Å²) in [6.07, 6.45) is 2.77. The zero-order valence-corrected chi connectivity index (χ0v) is 13.9. The molecule has 1 fully saturated rings. The van der Waals surface area contributed by atoms with Crippen molar-refractivity contribution in [3.8, 4) is 0 Å². The normalized spacial score (nSPS) is 16.9. The third-order valence-electron chi connectivity index (χ3n) is 4.61. The van der Waals surface area contributed by atoms with E-state index in [2.05, 4.69) is 10.3 Å². The lowest BCUT2D eigenvalue weighted by Crippen LogP contribution is -2.46. The molecule has 6 nitrogen and oxygen atoms in total. The molecule has 7 heteroatoms. The predicted octanol–water partition coefficient (Wildman–Crippen LogP) is 2.36. The summed E-state index contributed by atoms with van der Waals surface area (Å²) in [4.78, 5) is 27.0. The van der Waals surface area contributed by atoms with Gasteiger partial charge in [-0.25, -0.2) is 0 Å². The Kier molecular flexibility index (Phi) is 4.78. The third kappa shape index (κ3) is 3.39. The van der Waals surface area contributed by atoms with Gasteiger partial charge in [0.25, 0.3) is 0 Å². The van der Waals surface area contributed by atoms with Crippen molar-refractivity contribution in [3.05, 3.63) is 35.0 Å². The average Bonchev–Trinajstić information content (AvgIpc) is 2.96. The number of ether oxygens (including phenoxy) is 1. The number of carboxylic acids is 1. The Morgan fingerprint density at radius 1 is 1.33 bits per heavy atom. The van der Waals surface area contributed by atoms with Crippen molar-refractivity contribution in [2.45, 2.75) is 19.3 Å². The Morgan fingerprint density at radius 2 is 2.08 bits per heavy atom. The van der Waals surface area contributed by atoms with Gasteiger partial charge in [-0.3, -0.25) is 9.59 Å². The Balaban J connectivity index is 1.66. The SMILES string of the molecule is O=C(Cc1c[nH]c2ccc(Cl)cc12)NCC1(C(=O)O)CCOCC1. The van der Waals surface area contributed by atoms with E-state index in [0.717, 1.165) is 16.5 Å². The number of aromatic amines is 1. The van der Waals surface area contributed by atoms with Crippen molar-refractivity contribution in [2.24, 2.45) is 5.41 Å². The van der Waals surface area contributed by atoms with Crippen LogP contribution in [0.2, 0.25) is 5.02 Å². The molecule has 1 aliphatic rings. The molecule has 2 heterocycles. The number of benzene rings is 1. The van der Waals surface area contributed by atoms with Crippen molar-refractivity contribution in [1.29, 1.82) is 0 Å². The predicted molar refractivity (Wildman–Crippen MR) is 90.1 cm³/mol. The number of halogens is 1. The zero-order chi connectivity index (χ0) is 17.2. The largest absolute Gasteiger partial charge is 0.481 e. The second-order valence-electron chi connectivity index (χ2n) is 6.16. The maximum Gasteiger partial charge on any atom is 0.311 e. The second kappa shape index (κ2) is 6.83. The molecule has 0 atom stereocenters. The Hall–Kier alpha value is -2.05. The van der Waals surface area contributed by atoms with Crippen LogP contribution in [0.25, 0.3) is 10.9 Å². The van der Waals surface area contributed by atoms with E-state index in [1.165, 1.54) is 0 Å². The first kappa shape index (κ1) is 16.8. The highest BCUT2D eigenvalue weighted by Crippen LogP contribution is 2.30. The summed E-state index contributed by atoms with van der Waals surface area (Å²) in [6, 6.07) is 5.46. The molecule has 2 aromatic rings. The van der Waals surface area contributed by atoms with E-state index in [1.807, 2.05) is 12.1 Å². The molecule has 128 valence electrons. The molecule has 0 unspecified atom stereocenters. The molecule has 0 saturated carbocycles. The quantitative estimate of drug-likeness (QED) is 0.772. The van der Waals surface area contributed by atoms with Gasteiger partial charge in [-0.1, -0.05) is 11.6 Å². The van der Waals surface area contributed by atoms with Gasteiger partial charge in [0.2, 0.25) is 5.91 Å². The highest BCUT2D eigenvalue weighted by molar-refractivity contribution is 6.31. The summed E-state index contributed by atoms with van der Waals surface area (Å²) in [6.45, 7) is 0.930. The molecule has 0 aliphatic carbocycles. The molecule has 0 radical (unpaired) electrons. The number of hydrogen-bond acceptors (Lipinski definition) is 3. The Labute approximate surface area is 144 Å². The number of nitrogens with one attached hydrogen (secondary N) is 2. The van der Waals surface area contributed by atoms with Crippen molar-refractivity contribution >= 4 is 34.4 Å². The van der Waals surface area contributed by atoms with Crippen LogP contribution in [0.4, 0.5) is 0 Å². The van der Waals surface area contributed by atoms with Gasteiger partial charge in [0.05, 0.1) is 11.8 Å². The monoisotopic (exact) mass is 350 g/mol. The smallest absolute Gasteiger partial charge is 0.311 e. The van der Waals surface area contributed by atoms with E-state index in [-0.39, 0.29) is 18.9 Å². The van der Waals surface area contributed by atoms with Crippen LogP contribution >= 0.6 is 11.6 Å². The van der Waals surface area contributed by atoms with Crippen molar-refractivity contribution < 1.29 is 19.4 Å². The molecule has 24 heavy (non-hydrogen) atoms. The Morgan fingerprint density at radius 3 is 2.79 bits per heavy atom. The summed E-state index contributed by atoms with van der Waals surface area (Å²) < 4.78 is 5.23. The van der Waals surface area contributed by atoms with E-state index in [1.54, 1.807) is 12.3 Å². The highest BCUT2D eigenvalue weighted by atomic mass is 35.5. The van der Waals surface area contributed by atoms with Gasteiger partial charge in [0.1, 0.15) is 0 Å². The number of carbonyl (C=O) groups is 2. The maximum absolute atomic E-state index is 12.3. The first-order chi connectivity index (χ1) is 11.5. The summed E-state index contributed by atoms with van der Waals surface area (Å²) in [5, 5.41) is 13.8. The fourth-order valence-electron chi connectivity index (χ4n) is 3.03. The molecule has 1 aromatic carbocycles. The molecule has 0 spiro atoms. The minimum atomic E-state index is -0.933. The van der Waals surface area contributed by atoms with E-state index < -0.39 is 11.4 Å². The van der Waals surface area contributed by atoms with Crippen LogP contribution < -0.4 is 5.32 Å². The van der Waals surface area contributed by atoms with Crippen LogP contribution in [-0.2, 0) is 20.7 Å². The van der Waals surface area contributed by atoms with Crippen LogP contribution in [0, 0.1) is 5.41 Å². The van der Waals surface area contributed by atoms with Gasteiger partial charge >= 0.3 is 5.97 Å². The summed E-state index contributed by atoms with van der Waals surface area (Å²) in [5.41, 5.74) is 0.812. The first-order valence-electron chi connectivity index (χ1n) is 7.83. The van der Waals surface area contributed by atoms with Crippen LogP contribution in [0.15, 0.2) is 24.4 Å². The number of aromatic nitrogens is 1. The molecule has 3 rings (SSSR count). The topological polar surface area (TPSA) is 91.4 Å². The molecule has 1 saturated heterocycles. The van der Waals surface area contributed by atoms with Crippen LogP contribution in [0.5, 0.6) is 0 Å². The lowest BCUT2D eigenvalue weighted by Gasteiger charge is -2.33. The minimum absolute atomic E-state index is 0.119. The second-order valence-corrected chi connectivity index (χ2v) is 6.59. The molecule has 0 bridgehead atoms. The maximum atomic E-state index is 12.3. The van der Waals surface area contributed by atoms with E-state index in [4.69, 9.17) is 16.3 Å². The summed E-state index contributed by atoms with van der Waals surface area (Å²) >= 11 is 6.01. The standard InChI is InChI=1S/C17H19ClN2O4/c18-12-1-2-14-13(8-12)11(9-19-14)7-15(21)20-10-17(16(22)23)3-5-24-6-4-17/h1-2,8-9,19H,3-7,10H2,(H,20,21)(H,22,23). The number of hydrogen-bond donors (Lipinski definition) is 3. The lowest BCUT2D eigenvalue weighted by atomic mass is 9.80. The molecular formula is C17H19ClN2O4. The van der Waals surface area contributed by atoms with Crippen LogP contribution in [0.1, 0.15) is 18.4 Å². The summed E-state index contributed by atoms with van der Waals surface area (Å²) in [5.74, 6) is -1.09. The van der Waals surface area contributed by atoms with E-state index >= 15 is 0 Å². The number of rotatable bonds is 5. The number of amides is 1. The number of carboxylic acid groups (broad SMARTS) is 1. The average molecular weight is 351 g/mol. The lowest BCUT2D eigenvalue weighted by molar-refractivity contribution is -0.154. The molecular weight excluding hydrogens is 332 g/mol. The first-order valence-corrected chi connectivity index (χ1v) is 8.21. The van der Waals surface area contributed by atoms with Crippen molar-refractivity contribution in [1.82, 2.24) is 10.3 Å². The Bertz CT molecular complexity index is 765. The molecule has 1 aromatic heterocycles. The third-order valence-corrected chi connectivity index (χ3v) is 4.84. The zero-order valence-electron chi connectivity index (χ0n) is 13.1. The van der Waals surface area contributed by atoms with Crippen LogP contribution in [-0.4, -0.2) is 41.7 Å². The van der Waals surface area contributed by atoms with E-state index in [0.29, 0.717) is 31.1 Å². The molecule has 3 N–H and O–H groups in total. The number of aliphatic carboxylic acids is 1. The summed E-state index contributed by atoms with van der Waals surface area (Å²) in [7, 11) is 0. The van der Waals surface area contributed by atoms with E-state index in [9.17, 15) is 14.7 Å². The number of fused-ring (bicyclic) bond motifs is 1. The van der Waals surface area contributed by atoms with Crippen molar-refractivity contribution in [2.75, 3.05) is 19.8 Å². The minimum Gasteiger partial charge on any atom is -0.481 e. The van der Waals surface area contributed by atoms with Gasteiger partial charge in [0.15, 0.2) is 0 Å².